The van der Waals surface area contributed by atoms with E-state index in [-0.39, 0.29) is 0 Å². The van der Waals surface area contributed by atoms with Crippen molar-refractivity contribution in [1.82, 2.24) is 5.32 Å². The van der Waals surface area contributed by atoms with E-state index in [0.29, 0.717) is 19.3 Å². The number of aryl methyl sites for hydroxylation is 1. The van der Waals surface area contributed by atoms with E-state index in [1.165, 1.54) is 11.1 Å². The Labute approximate surface area is 110 Å². The molecule has 18 heavy (non-hydrogen) atoms. The van der Waals surface area contributed by atoms with Crippen molar-refractivity contribution in [3.8, 4) is 0 Å². The highest BCUT2D eigenvalue weighted by atomic mass is 16.5. The first-order valence-corrected chi connectivity index (χ1v) is 6.62. The number of methoxy groups -OCH3 is 1. The van der Waals surface area contributed by atoms with Gasteiger partial charge in [0.25, 0.3) is 0 Å². The molecule has 1 unspecified atom stereocenters. The first-order valence-electron chi connectivity index (χ1n) is 6.62. The number of ether oxygens (including phenoxy) is 2. The molecule has 3 heteroatoms. The summed E-state index contributed by atoms with van der Waals surface area (Å²) >= 11 is 0. The molecule has 1 aromatic carbocycles. The van der Waals surface area contributed by atoms with Crippen LogP contribution in [0.3, 0.4) is 0 Å². The molecular weight excluding hydrogens is 226 g/mol. The van der Waals surface area contributed by atoms with Gasteiger partial charge in [-0.1, -0.05) is 36.8 Å². The highest BCUT2D eigenvalue weighted by Gasteiger charge is 2.08. The van der Waals surface area contributed by atoms with Gasteiger partial charge in [-0.05, 0) is 25.5 Å². The minimum atomic E-state index is 0.369. The maximum absolute atomic E-state index is 5.60. The Morgan fingerprint density at radius 2 is 2.11 bits per heavy atom. The molecule has 1 rings (SSSR count). The number of hydrogen-bond acceptors (Lipinski definition) is 3. The van der Waals surface area contributed by atoms with Crippen LogP contribution in [-0.4, -0.2) is 39.5 Å². The van der Waals surface area contributed by atoms with Gasteiger partial charge in [0.2, 0.25) is 0 Å². The fourth-order valence-corrected chi connectivity index (χ4v) is 1.97. The van der Waals surface area contributed by atoms with E-state index in [9.17, 15) is 0 Å². The zero-order chi connectivity index (χ0) is 13.2. The summed E-state index contributed by atoms with van der Waals surface area (Å²) in [6.07, 6.45) is 1.00. The summed E-state index contributed by atoms with van der Waals surface area (Å²) < 4.78 is 10.6. The molecule has 0 saturated carbocycles. The van der Waals surface area contributed by atoms with Crippen LogP contribution in [0.4, 0.5) is 0 Å². The highest BCUT2D eigenvalue weighted by molar-refractivity contribution is 5.23. The third-order valence-corrected chi connectivity index (χ3v) is 2.81. The Balaban J connectivity index is 2.41. The average molecular weight is 251 g/mol. The monoisotopic (exact) mass is 251 g/mol. The van der Waals surface area contributed by atoms with Crippen LogP contribution < -0.4 is 5.32 Å². The van der Waals surface area contributed by atoms with E-state index < -0.39 is 0 Å². The van der Waals surface area contributed by atoms with E-state index in [1.54, 1.807) is 7.11 Å². The Bertz CT molecular complexity index is 328. The fraction of sp³-hybridized carbons (Fsp3) is 0.600. The molecule has 3 nitrogen and oxygen atoms in total. The zero-order valence-corrected chi connectivity index (χ0v) is 11.7. The predicted octanol–water partition coefficient (Wildman–Crippen LogP) is 2.18. The molecule has 0 aromatic heterocycles. The van der Waals surface area contributed by atoms with Gasteiger partial charge in [-0.15, -0.1) is 0 Å². The summed E-state index contributed by atoms with van der Waals surface area (Å²) in [5, 5.41) is 3.46. The van der Waals surface area contributed by atoms with Crippen LogP contribution in [0.2, 0.25) is 0 Å². The summed E-state index contributed by atoms with van der Waals surface area (Å²) in [6.45, 7) is 7.25. The maximum Gasteiger partial charge on any atom is 0.0701 e. The second-order valence-electron chi connectivity index (χ2n) is 4.52. The molecule has 0 heterocycles. The topological polar surface area (TPSA) is 30.5 Å². The van der Waals surface area contributed by atoms with Crippen LogP contribution in [0.1, 0.15) is 18.1 Å². The molecule has 1 N–H and O–H groups in total. The van der Waals surface area contributed by atoms with Crippen LogP contribution in [0.5, 0.6) is 0 Å². The lowest BCUT2D eigenvalue weighted by Gasteiger charge is -2.18. The quantitative estimate of drug-likeness (QED) is 0.682. The van der Waals surface area contributed by atoms with Gasteiger partial charge >= 0.3 is 0 Å². The minimum absolute atomic E-state index is 0.369. The van der Waals surface area contributed by atoms with E-state index >= 15 is 0 Å². The van der Waals surface area contributed by atoms with Gasteiger partial charge < -0.3 is 14.8 Å². The minimum Gasteiger partial charge on any atom is -0.382 e. The SMILES string of the molecule is CCNC(COCCOC)Cc1cccc(C)c1. The van der Waals surface area contributed by atoms with E-state index in [1.807, 2.05) is 0 Å². The molecule has 0 saturated heterocycles. The summed E-state index contributed by atoms with van der Waals surface area (Å²) in [6, 6.07) is 9.01. The molecule has 0 bridgehead atoms. The van der Waals surface area contributed by atoms with Crippen molar-refractivity contribution in [2.24, 2.45) is 0 Å². The molecule has 0 radical (unpaired) electrons. The van der Waals surface area contributed by atoms with Crippen molar-refractivity contribution in [3.05, 3.63) is 35.4 Å². The third kappa shape index (κ3) is 6.15. The van der Waals surface area contributed by atoms with Crippen LogP contribution in [0.15, 0.2) is 24.3 Å². The van der Waals surface area contributed by atoms with Crippen molar-refractivity contribution in [1.29, 1.82) is 0 Å². The van der Waals surface area contributed by atoms with Crippen molar-refractivity contribution in [2.75, 3.05) is 33.5 Å². The van der Waals surface area contributed by atoms with E-state index in [0.717, 1.165) is 19.6 Å². The van der Waals surface area contributed by atoms with Gasteiger partial charge in [0.15, 0.2) is 0 Å². The summed E-state index contributed by atoms with van der Waals surface area (Å²) in [4.78, 5) is 0. The fourth-order valence-electron chi connectivity index (χ4n) is 1.97. The zero-order valence-electron chi connectivity index (χ0n) is 11.7. The third-order valence-electron chi connectivity index (χ3n) is 2.81. The summed E-state index contributed by atoms with van der Waals surface area (Å²) in [5.74, 6) is 0. The van der Waals surface area contributed by atoms with Crippen molar-refractivity contribution < 1.29 is 9.47 Å². The molecule has 1 atom stereocenters. The normalized spacial score (nSPS) is 12.6. The van der Waals surface area contributed by atoms with E-state index in [2.05, 4.69) is 43.4 Å². The number of hydrogen-bond donors (Lipinski definition) is 1. The first kappa shape index (κ1) is 15.2. The van der Waals surface area contributed by atoms with Crippen LogP contribution in [0.25, 0.3) is 0 Å². The average Bonchev–Trinajstić information content (AvgIpc) is 2.35. The van der Waals surface area contributed by atoms with Crippen LogP contribution in [-0.2, 0) is 15.9 Å². The Kier molecular flexibility index (Phi) is 7.65. The first-order chi connectivity index (χ1) is 8.76. The summed E-state index contributed by atoms with van der Waals surface area (Å²) in [5.41, 5.74) is 2.67. The molecule has 0 fully saturated rings. The van der Waals surface area contributed by atoms with Crippen molar-refractivity contribution >= 4 is 0 Å². The molecule has 0 amide bonds. The largest absolute Gasteiger partial charge is 0.382 e. The maximum atomic E-state index is 5.60. The lowest BCUT2D eigenvalue weighted by molar-refractivity contribution is 0.0589. The van der Waals surface area contributed by atoms with Crippen LogP contribution >= 0.6 is 0 Å². The van der Waals surface area contributed by atoms with Crippen molar-refractivity contribution in [2.45, 2.75) is 26.3 Å². The number of nitrogens with one attached hydrogen (secondary N) is 1. The van der Waals surface area contributed by atoms with Gasteiger partial charge in [-0.3, -0.25) is 0 Å². The number of rotatable bonds is 9. The van der Waals surface area contributed by atoms with Gasteiger partial charge in [0.1, 0.15) is 0 Å². The Hall–Kier alpha value is -0.900. The molecule has 1 aromatic rings. The molecular formula is C15H25NO2. The molecule has 102 valence electrons. The van der Waals surface area contributed by atoms with Gasteiger partial charge in [0.05, 0.1) is 19.8 Å². The van der Waals surface area contributed by atoms with Gasteiger partial charge in [-0.2, -0.15) is 0 Å². The van der Waals surface area contributed by atoms with Crippen LogP contribution in [0, 0.1) is 6.92 Å². The van der Waals surface area contributed by atoms with E-state index in [4.69, 9.17) is 9.47 Å². The van der Waals surface area contributed by atoms with Gasteiger partial charge in [0, 0.05) is 13.2 Å². The Morgan fingerprint density at radius 3 is 2.78 bits per heavy atom. The number of likely N-dealkylation sites (N-methyl/N-ethyl adjacent to an activating group) is 1. The predicted molar refractivity (Wildman–Crippen MR) is 75.0 cm³/mol. The lowest BCUT2D eigenvalue weighted by atomic mass is 10.0. The second kappa shape index (κ2) is 9.09. The standard InChI is InChI=1S/C15H25NO2/c1-4-16-15(12-18-9-8-17-3)11-14-7-5-6-13(2)10-14/h5-7,10,15-16H,4,8-9,11-12H2,1-3H3. The highest BCUT2D eigenvalue weighted by Crippen LogP contribution is 2.07. The lowest BCUT2D eigenvalue weighted by Crippen LogP contribution is -2.35. The second-order valence-corrected chi connectivity index (χ2v) is 4.52. The Morgan fingerprint density at radius 1 is 1.28 bits per heavy atom. The molecule has 0 aliphatic heterocycles. The smallest absolute Gasteiger partial charge is 0.0701 e. The molecule has 0 aliphatic carbocycles. The van der Waals surface area contributed by atoms with Crippen molar-refractivity contribution in [3.63, 3.8) is 0 Å². The van der Waals surface area contributed by atoms with Gasteiger partial charge in [-0.25, -0.2) is 0 Å². The molecule has 0 spiro atoms. The summed E-state index contributed by atoms with van der Waals surface area (Å²) in [7, 11) is 1.69. The molecule has 0 aliphatic rings. The number of benzene rings is 1.